The summed E-state index contributed by atoms with van der Waals surface area (Å²) in [6, 6.07) is 25.1. The van der Waals surface area contributed by atoms with Gasteiger partial charge in [-0.15, -0.1) is 0 Å². The van der Waals surface area contributed by atoms with Gasteiger partial charge in [-0.1, -0.05) is 83.9 Å². The summed E-state index contributed by atoms with van der Waals surface area (Å²) in [7, 11) is 0. The first-order valence-electron chi connectivity index (χ1n) is 7.16. The molecule has 0 heterocycles. The quantitative estimate of drug-likeness (QED) is 0.422. The predicted octanol–water partition coefficient (Wildman–Crippen LogP) is 5.97. The fourth-order valence-electron chi connectivity index (χ4n) is 2.08. The third kappa shape index (κ3) is 4.93. The number of isocyanates is 1. The van der Waals surface area contributed by atoms with Crippen molar-refractivity contribution in [2.75, 3.05) is 0 Å². The molecule has 3 aromatic carbocycles. The van der Waals surface area contributed by atoms with E-state index in [1.165, 1.54) is 11.6 Å². The molecule has 0 aliphatic heterocycles. The van der Waals surface area contributed by atoms with Gasteiger partial charge in [0.2, 0.25) is 6.08 Å². The van der Waals surface area contributed by atoms with E-state index < -0.39 is 0 Å². The normalized spacial score (nSPS) is 9.30. The lowest BCUT2D eigenvalue weighted by molar-refractivity contribution is 0.565. The minimum atomic E-state index is 0.536. The van der Waals surface area contributed by atoms with Crippen LogP contribution < -0.4 is 0 Å². The molecule has 3 heteroatoms. The number of aliphatic imine (C=N–C) groups is 1. The molecule has 0 N–H and O–H groups in total. The standard InChI is InChI=1S/C13H8ClNO.C7H8/c14-11-7-4-8-12(15-9-16)13(11)10-5-2-1-3-6-10;1-7-5-3-2-4-6-7/h1-8H;2-6H,1H3. The molecule has 0 aliphatic carbocycles. The average Bonchev–Trinajstić information content (AvgIpc) is 2.57. The highest BCUT2D eigenvalue weighted by Crippen LogP contribution is 2.36. The van der Waals surface area contributed by atoms with Crippen LogP contribution >= 0.6 is 11.6 Å². The fraction of sp³-hybridized carbons (Fsp3) is 0.0500. The molecule has 0 saturated carbocycles. The molecule has 0 saturated heterocycles. The summed E-state index contributed by atoms with van der Waals surface area (Å²) in [6.07, 6.45) is 1.54. The molecule has 114 valence electrons. The lowest BCUT2D eigenvalue weighted by atomic mass is 10.0. The van der Waals surface area contributed by atoms with Gasteiger partial charge in [-0.2, -0.15) is 4.99 Å². The number of carbonyl (C=O) groups excluding carboxylic acids is 1. The molecule has 0 aliphatic rings. The van der Waals surface area contributed by atoms with Gasteiger partial charge in [0.1, 0.15) is 0 Å². The smallest absolute Gasteiger partial charge is 0.211 e. The topological polar surface area (TPSA) is 29.4 Å². The maximum Gasteiger partial charge on any atom is 0.240 e. The van der Waals surface area contributed by atoms with Gasteiger partial charge < -0.3 is 0 Å². The Kier molecular flexibility index (Phi) is 6.31. The highest BCUT2D eigenvalue weighted by Gasteiger charge is 2.08. The van der Waals surface area contributed by atoms with Crippen molar-refractivity contribution in [3.63, 3.8) is 0 Å². The highest BCUT2D eigenvalue weighted by atomic mass is 35.5. The molecule has 3 aromatic rings. The fourth-order valence-corrected chi connectivity index (χ4v) is 2.36. The van der Waals surface area contributed by atoms with Crippen LogP contribution in [0.5, 0.6) is 0 Å². The number of nitrogens with zero attached hydrogens (tertiary/aromatic N) is 1. The monoisotopic (exact) mass is 321 g/mol. The molecule has 0 aromatic heterocycles. The molecule has 2 nitrogen and oxygen atoms in total. The van der Waals surface area contributed by atoms with Crippen molar-refractivity contribution >= 4 is 23.4 Å². The van der Waals surface area contributed by atoms with E-state index in [0.717, 1.165) is 11.1 Å². The molecule has 0 fully saturated rings. The lowest BCUT2D eigenvalue weighted by Gasteiger charge is -2.06. The van der Waals surface area contributed by atoms with E-state index in [2.05, 4.69) is 24.0 Å². The Balaban J connectivity index is 0.000000229. The van der Waals surface area contributed by atoms with E-state index in [1.807, 2.05) is 48.5 Å². The zero-order valence-electron chi connectivity index (χ0n) is 12.7. The zero-order chi connectivity index (χ0) is 16.5. The maximum absolute atomic E-state index is 10.3. The summed E-state index contributed by atoms with van der Waals surface area (Å²) >= 11 is 6.11. The van der Waals surface area contributed by atoms with Crippen molar-refractivity contribution in [1.29, 1.82) is 0 Å². The van der Waals surface area contributed by atoms with Gasteiger partial charge in [0.15, 0.2) is 0 Å². The molecule has 3 rings (SSSR count). The Morgan fingerprint density at radius 2 is 1.43 bits per heavy atom. The van der Waals surface area contributed by atoms with Crippen LogP contribution in [-0.4, -0.2) is 6.08 Å². The molecule has 0 spiro atoms. The minimum Gasteiger partial charge on any atom is -0.211 e. The summed E-state index contributed by atoms with van der Waals surface area (Å²) < 4.78 is 0. The number of hydrogen-bond donors (Lipinski definition) is 0. The minimum absolute atomic E-state index is 0.536. The van der Waals surface area contributed by atoms with Crippen LogP contribution in [0.2, 0.25) is 5.02 Å². The molecule has 0 atom stereocenters. The predicted molar refractivity (Wildman–Crippen MR) is 95.8 cm³/mol. The van der Waals surface area contributed by atoms with Crippen LogP contribution in [0.15, 0.2) is 83.9 Å². The second-order valence-electron chi connectivity index (χ2n) is 4.86. The summed E-state index contributed by atoms with van der Waals surface area (Å²) in [6.45, 7) is 2.08. The Hall–Kier alpha value is -2.67. The third-order valence-corrected chi connectivity index (χ3v) is 3.48. The number of halogens is 1. The SMILES string of the molecule is Cc1ccccc1.O=C=Nc1cccc(Cl)c1-c1ccccc1. The van der Waals surface area contributed by atoms with Gasteiger partial charge in [0.25, 0.3) is 0 Å². The summed E-state index contributed by atoms with van der Waals surface area (Å²) in [5.74, 6) is 0. The van der Waals surface area contributed by atoms with Crippen molar-refractivity contribution in [1.82, 2.24) is 0 Å². The molecule has 0 unspecified atom stereocenters. The number of aryl methyl sites for hydroxylation is 1. The van der Waals surface area contributed by atoms with Gasteiger partial charge in [-0.05, 0) is 24.6 Å². The van der Waals surface area contributed by atoms with E-state index in [1.54, 1.807) is 18.2 Å². The summed E-state index contributed by atoms with van der Waals surface area (Å²) in [4.78, 5) is 14.0. The van der Waals surface area contributed by atoms with Crippen molar-refractivity contribution in [2.45, 2.75) is 6.92 Å². The first-order chi connectivity index (χ1) is 11.2. The van der Waals surface area contributed by atoms with E-state index in [0.29, 0.717) is 10.7 Å². The number of hydrogen-bond acceptors (Lipinski definition) is 2. The van der Waals surface area contributed by atoms with Crippen LogP contribution in [-0.2, 0) is 4.79 Å². The molecule has 0 radical (unpaired) electrons. The van der Waals surface area contributed by atoms with Gasteiger partial charge >= 0.3 is 0 Å². The molecule has 0 amide bonds. The van der Waals surface area contributed by atoms with Crippen molar-refractivity contribution in [3.8, 4) is 11.1 Å². The largest absolute Gasteiger partial charge is 0.240 e. The second-order valence-corrected chi connectivity index (χ2v) is 5.26. The number of benzene rings is 3. The van der Waals surface area contributed by atoms with Crippen LogP contribution in [0.25, 0.3) is 11.1 Å². The van der Waals surface area contributed by atoms with E-state index in [4.69, 9.17) is 11.6 Å². The van der Waals surface area contributed by atoms with E-state index in [-0.39, 0.29) is 0 Å². The van der Waals surface area contributed by atoms with Crippen molar-refractivity contribution in [3.05, 3.63) is 89.4 Å². The highest BCUT2D eigenvalue weighted by molar-refractivity contribution is 6.34. The van der Waals surface area contributed by atoms with E-state index >= 15 is 0 Å². The summed E-state index contributed by atoms with van der Waals surface area (Å²) in [5, 5.41) is 0.572. The van der Waals surface area contributed by atoms with Crippen molar-refractivity contribution < 1.29 is 4.79 Å². The Labute approximate surface area is 141 Å². The zero-order valence-corrected chi connectivity index (χ0v) is 13.5. The third-order valence-electron chi connectivity index (χ3n) is 3.16. The van der Waals surface area contributed by atoms with Crippen molar-refractivity contribution in [2.24, 2.45) is 4.99 Å². The molecular weight excluding hydrogens is 306 g/mol. The van der Waals surface area contributed by atoms with Crippen LogP contribution in [0, 0.1) is 6.92 Å². The van der Waals surface area contributed by atoms with Gasteiger partial charge in [0.05, 0.1) is 10.7 Å². The van der Waals surface area contributed by atoms with Crippen LogP contribution in [0.3, 0.4) is 0 Å². The first-order valence-corrected chi connectivity index (χ1v) is 7.53. The molecule has 0 bridgehead atoms. The van der Waals surface area contributed by atoms with Gasteiger partial charge in [0, 0.05) is 5.56 Å². The lowest BCUT2D eigenvalue weighted by Crippen LogP contribution is -1.80. The van der Waals surface area contributed by atoms with Gasteiger partial charge in [-0.3, -0.25) is 0 Å². The first kappa shape index (κ1) is 16.7. The average molecular weight is 322 g/mol. The molecule has 23 heavy (non-hydrogen) atoms. The second kappa shape index (κ2) is 8.70. The maximum atomic E-state index is 10.3. The molecular formula is C20H16ClNO. The Morgan fingerprint density at radius 1 is 0.826 bits per heavy atom. The van der Waals surface area contributed by atoms with Crippen LogP contribution in [0.4, 0.5) is 5.69 Å². The Morgan fingerprint density at radius 3 is 1.96 bits per heavy atom. The Bertz CT molecular complexity index is 794. The van der Waals surface area contributed by atoms with Gasteiger partial charge in [-0.25, -0.2) is 4.79 Å². The number of rotatable bonds is 2. The van der Waals surface area contributed by atoms with E-state index in [9.17, 15) is 4.79 Å². The van der Waals surface area contributed by atoms with Crippen LogP contribution in [0.1, 0.15) is 5.56 Å². The summed E-state index contributed by atoms with van der Waals surface area (Å²) in [5.41, 5.74) is 3.55.